The molecular weight excluding hydrogens is 226 g/mol. The van der Waals surface area contributed by atoms with Gasteiger partial charge in [-0.15, -0.1) is 0 Å². The summed E-state index contributed by atoms with van der Waals surface area (Å²) in [6.07, 6.45) is 3.82. The fraction of sp³-hybridized carbons (Fsp3) is 0.357. The molecule has 0 radical (unpaired) electrons. The van der Waals surface area contributed by atoms with Crippen molar-refractivity contribution in [1.82, 2.24) is 14.9 Å². The van der Waals surface area contributed by atoms with Gasteiger partial charge >= 0.3 is 0 Å². The van der Waals surface area contributed by atoms with Crippen LogP contribution in [0.4, 0.5) is 0 Å². The Morgan fingerprint density at radius 1 is 1.39 bits per heavy atom. The van der Waals surface area contributed by atoms with Gasteiger partial charge in [-0.1, -0.05) is 12.1 Å². The van der Waals surface area contributed by atoms with E-state index < -0.39 is 0 Å². The van der Waals surface area contributed by atoms with Crippen LogP contribution in [0.25, 0.3) is 5.69 Å². The van der Waals surface area contributed by atoms with E-state index in [0.717, 1.165) is 24.5 Å². The maximum atomic E-state index is 5.68. The van der Waals surface area contributed by atoms with Crippen molar-refractivity contribution < 1.29 is 4.74 Å². The maximum absolute atomic E-state index is 5.68. The van der Waals surface area contributed by atoms with Crippen LogP contribution in [0.15, 0.2) is 36.8 Å². The lowest BCUT2D eigenvalue weighted by Gasteiger charge is -2.28. The predicted molar refractivity (Wildman–Crippen MR) is 70.3 cm³/mol. The number of ether oxygens (including phenoxy) is 1. The van der Waals surface area contributed by atoms with Crippen molar-refractivity contribution in [3.05, 3.63) is 42.5 Å². The van der Waals surface area contributed by atoms with Crippen LogP contribution in [0.2, 0.25) is 0 Å². The van der Waals surface area contributed by atoms with Gasteiger partial charge in [0.15, 0.2) is 0 Å². The van der Waals surface area contributed by atoms with Crippen LogP contribution in [-0.2, 0) is 0 Å². The van der Waals surface area contributed by atoms with Gasteiger partial charge in [-0.3, -0.25) is 4.57 Å². The van der Waals surface area contributed by atoms with Gasteiger partial charge in [-0.05, 0) is 19.1 Å². The molecule has 4 heteroatoms. The highest BCUT2D eigenvalue weighted by Crippen LogP contribution is 2.28. The lowest BCUT2D eigenvalue weighted by molar-refractivity contribution is 0.338. The molecular formula is C14H17N3O. The fourth-order valence-corrected chi connectivity index (χ4v) is 2.24. The zero-order valence-electron chi connectivity index (χ0n) is 10.5. The Bertz CT molecular complexity index is 531. The molecule has 1 aromatic heterocycles. The lowest BCUT2D eigenvalue weighted by atomic mass is 10.00. The largest absolute Gasteiger partial charge is 0.492 e. The van der Waals surface area contributed by atoms with E-state index in [1.165, 1.54) is 5.69 Å². The van der Waals surface area contributed by atoms with Gasteiger partial charge < -0.3 is 10.1 Å². The summed E-state index contributed by atoms with van der Waals surface area (Å²) in [5.41, 5.74) is 2.32. The van der Waals surface area contributed by atoms with E-state index >= 15 is 0 Å². The van der Waals surface area contributed by atoms with Crippen molar-refractivity contribution in [1.29, 1.82) is 0 Å². The van der Waals surface area contributed by atoms with E-state index in [2.05, 4.69) is 20.9 Å². The Hall–Kier alpha value is -1.81. The third-order valence-corrected chi connectivity index (χ3v) is 3.29. The first kappa shape index (κ1) is 11.3. The summed E-state index contributed by atoms with van der Waals surface area (Å²) < 4.78 is 7.82. The summed E-state index contributed by atoms with van der Waals surface area (Å²) in [4.78, 5) is 4.28. The molecule has 4 nitrogen and oxygen atoms in total. The van der Waals surface area contributed by atoms with Crippen molar-refractivity contribution >= 4 is 0 Å². The summed E-state index contributed by atoms with van der Waals surface area (Å²) in [6, 6.07) is 8.10. The highest BCUT2D eigenvalue weighted by Gasteiger charge is 2.23. The standard InChI is InChI=1S/C14H17N3O/c1-2-18-14-6-4-3-5-12(14)17-10-16-9-13(17)11-7-15-8-11/h3-6,9-11,15H,2,7-8H2,1H3. The molecule has 18 heavy (non-hydrogen) atoms. The molecule has 1 fully saturated rings. The van der Waals surface area contributed by atoms with E-state index in [-0.39, 0.29) is 0 Å². The number of hydrogen-bond donors (Lipinski definition) is 1. The normalized spacial score (nSPS) is 15.4. The molecule has 1 aromatic carbocycles. The fourth-order valence-electron chi connectivity index (χ4n) is 2.24. The second kappa shape index (κ2) is 4.82. The summed E-state index contributed by atoms with van der Waals surface area (Å²) >= 11 is 0. The average Bonchev–Trinajstić information content (AvgIpc) is 2.77. The molecule has 0 aliphatic carbocycles. The minimum Gasteiger partial charge on any atom is -0.492 e. The Kier molecular flexibility index (Phi) is 3.02. The molecule has 3 rings (SSSR count). The molecule has 1 saturated heterocycles. The smallest absolute Gasteiger partial charge is 0.143 e. The van der Waals surface area contributed by atoms with E-state index in [9.17, 15) is 0 Å². The molecule has 1 aliphatic heterocycles. The van der Waals surface area contributed by atoms with Crippen molar-refractivity contribution in [3.8, 4) is 11.4 Å². The molecule has 0 atom stereocenters. The van der Waals surface area contributed by atoms with Crippen LogP contribution in [-0.4, -0.2) is 29.2 Å². The van der Waals surface area contributed by atoms with Gasteiger partial charge in [0.2, 0.25) is 0 Å². The zero-order chi connectivity index (χ0) is 12.4. The lowest BCUT2D eigenvalue weighted by Crippen LogP contribution is -2.40. The van der Waals surface area contributed by atoms with Crippen LogP contribution in [0.3, 0.4) is 0 Å². The number of benzene rings is 1. The second-order valence-electron chi connectivity index (χ2n) is 4.44. The van der Waals surface area contributed by atoms with Crippen molar-refractivity contribution in [2.24, 2.45) is 0 Å². The highest BCUT2D eigenvalue weighted by atomic mass is 16.5. The van der Waals surface area contributed by atoms with Gasteiger partial charge in [-0.25, -0.2) is 4.98 Å². The number of para-hydroxylation sites is 2. The first-order valence-corrected chi connectivity index (χ1v) is 6.35. The average molecular weight is 243 g/mol. The Morgan fingerprint density at radius 3 is 2.94 bits per heavy atom. The van der Waals surface area contributed by atoms with Gasteiger partial charge in [0.25, 0.3) is 0 Å². The van der Waals surface area contributed by atoms with Crippen molar-refractivity contribution in [3.63, 3.8) is 0 Å². The summed E-state index contributed by atoms with van der Waals surface area (Å²) in [5.74, 6) is 1.47. The predicted octanol–water partition coefficient (Wildman–Crippen LogP) is 1.96. The monoisotopic (exact) mass is 243 g/mol. The number of hydrogen-bond acceptors (Lipinski definition) is 3. The molecule has 2 aromatic rings. The van der Waals surface area contributed by atoms with Gasteiger partial charge in [-0.2, -0.15) is 0 Å². The van der Waals surface area contributed by atoms with E-state index in [1.807, 2.05) is 37.6 Å². The molecule has 0 amide bonds. The SMILES string of the molecule is CCOc1ccccc1-n1cncc1C1CNC1. The molecule has 0 spiro atoms. The molecule has 94 valence electrons. The molecule has 1 aliphatic rings. The van der Waals surface area contributed by atoms with Crippen LogP contribution in [0.5, 0.6) is 5.75 Å². The number of imidazole rings is 1. The van der Waals surface area contributed by atoms with Crippen LogP contribution in [0, 0.1) is 0 Å². The molecule has 0 unspecified atom stereocenters. The number of nitrogens with zero attached hydrogens (tertiary/aromatic N) is 2. The Balaban J connectivity index is 2.01. The van der Waals surface area contributed by atoms with Crippen molar-refractivity contribution in [2.75, 3.05) is 19.7 Å². The van der Waals surface area contributed by atoms with E-state index in [0.29, 0.717) is 12.5 Å². The number of nitrogens with one attached hydrogen (secondary N) is 1. The second-order valence-corrected chi connectivity index (χ2v) is 4.44. The van der Waals surface area contributed by atoms with E-state index in [1.54, 1.807) is 0 Å². The first-order chi connectivity index (χ1) is 8.90. The molecule has 0 saturated carbocycles. The topological polar surface area (TPSA) is 39.1 Å². The van der Waals surface area contributed by atoms with Crippen LogP contribution in [0.1, 0.15) is 18.5 Å². The van der Waals surface area contributed by atoms with Gasteiger partial charge in [0.05, 0.1) is 18.6 Å². The minimum atomic E-state index is 0.558. The minimum absolute atomic E-state index is 0.558. The summed E-state index contributed by atoms with van der Waals surface area (Å²) in [5, 5.41) is 3.30. The van der Waals surface area contributed by atoms with E-state index in [4.69, 9.17) is 4.74 Å². The molecule has 0 bridgehead atoms. The van der Waals surface area contributed by atoms with Gasteiger partial charge in [0.1, 0.15) is 5.75 Å². The summed E-state index contributed by atoms with van der Waals surface area (Å²) in [6.45, 7) is 4.73. The number of rotatable bonds is 4. The third kappa shape index (κ3) is 1.88. The van der Waals surface area contributed by atoms with Crippen molar-refractivity contribution in [2.45, 2.75) is 12.8 Å². The van der Waals surface area contributed by atoms with Gasteiger partial charge in [0, 0.05) is 30.9 Å². The van der Waals surface area contributed by atoms with Crippen LogP contribution < -0.4 is 10.1 Å². The molecule has 1 N–H and O–H groups in total. The quantitative estimate of drug-likeness (QED) is 0.892. The number of aromatic nitrogens is 2. The summed E-state index contributed by atoms with van der Waals surface area (Å²) in [7, 11) is 0. The zero-order valence-corrected chi connectivity index (χ0v) is 10.5. The highest BCUT2D eigenvalue weighted by molar-refractivity contribution is 5.48. The molecule has 2 heterocycles. The Morgan fingerprint density at radius 2 is 2.22 bits per heavy atom. The van der Waals surface area contributed by atoms with Crippen LogP contribution >= 0.6 is 0 Å². The first-order valence-electron chi connectivity index (χ1n) is 6.35. The third-order valence-electron chi connectivity index (χ3n) is 3.29. The Labute approximate surface area is 107 Å². The maximum Gasteiger partial charge on any atom is 0.143 e.